The molecule has 0 saturated carbocycles. The second-order valence-electron chi connectivity index (χ2n) is 6.97. The van der Waals surface area contributed by atoms with Crippen LogP contribution in [0.4, 0.5) is 0 Å². The van der Waals surface area contributed by atoms with Gasteiger partial charge in [-0.2, -0.15) is 9.78 Å². The van der Waals surface area contributed by atoms with Gasteiger partial charge in [0.05, 0.1) is 17.4 Å². The lowest BCUT2D eigenvalue weighted by molar-refractivity contribution is 0.0952. The smallest absolute Gasteiger partial charge is 0.349 e. The number of nitrogens with zero attached hydrogens (tertiary/aromatic N) is 3. The zero-order chi connectivity index (χ0) is 22.5. The van der Waals surface area contributed by atoms with Crippen LogP contribution in [0.3, 0.4) is 0 Å². The number of aromatic amines is 1. The van der Waals surface area contributed by atoms with Crippen LogP contribution in [0.25, 0.3) is 5.69 Å². The summed E-state index contributed by atoms with van der Waals surface area (Å²) < 4.78 is 0.929. The summed E-state index contributed by atoms with van der Waals surface area (Å²) in [7, 11) is 0. The maximum atomic E-state index is 13.0. The lowest BCUT2D eigenvalue weighted by atomic mass is 9.91. The van der Waals surface area contributed by atoms with E-state index in [-0.39, 0.29) is 22.3 Å². The highest BCUT2D eigenvalue weighted by Gasteiger charge is 2.18. The molecular weight excluding hydrogens is 430 g/mol. The summed E-state index contributed by atoms with van der Waals surface area (Å²) in [5, 5.41) is 6.67. The fourth-order valence-electron chi connectivity index (χ4n) is 3.34. The number of aromatic nitrogens is 4. The largest absolute Gasteiger partial charge is 0.351 e. The van der Waals surface area contributed by atoms with Crippen LogP contribution in [0, 0.1) is 0 Å². The number of hydrogen-bond acceptors (Lipinski definition) is 5. The van der Waals surface area contributed by atoms with Crippen molar-refractivity contribution in [2.75, 3.05) is 6.54 Å². The van der Waals surface area contributed by atoms with Crippen molar-refractivity contribution in [1.82, 2.24) is 25.1 Å². The Morgan fingerprint density at radius 1 is 1.00 bits per heavy atom. The number of carbonyl (C=O) groups excluding carboxylic acids is 1. The molecule has 4 aromatic rings. The van der Waals surface area contributed by atoms with Gasteiger partial charge in [-0.15, -0.1) is 0 Å². The molecule has 0 aliphatic rings. The standard InChI is InChI=1S/C23H18ClN5O3/c24-21-18(11-17(12-25-21)29-23(32)28-20(30)14-27-29)22(31)26-13-19(15-7-3-1-4-8-15)16-9-5-2-6-10-16/h1-12,14,19H,13H2,(H,26,31)(H,28,30,32). The van der Waals surface area contributed by atoms with Crippen molar-refractivity contribution in [3.8, 4) is 5.69 Å². The maximum absolute atomic E-state index is 13.0. The SMILES string of the molecule is O=C(NCC(c1ccccc1)c1ccccc1)c1cc(-n2ncc(=O)[nH]c2=O)cnc1Cl. The summed E-state index contributed by atoms with van der Waals surface area (Å²) in [6, 6.07) is 21.1. The Kier molecular flexibility index (Phi) is 6.23. The molecule has 2 aromatic heterocycles. The number of H-pyrrole nitrogens is 1. The lowest BCUT2D eigenvalue weighted by Gasteiger charge is -2.19. The number of benzene rings is 2. The Bertz CT molecular complexity index is 1310. The third-order valence-corrected chi connectivity index (χ3v) is 5.20. The topological polar surface area (TPSA) is 110 Å². The van der Waals surface area contributed by atoms with Crippen LogP contribution >= 0.6 is 11.6 Å². The highest BCUT2D eigenvalue weighted by Crippen LogP contribution is 2.24. The van der Waals surface area contributed by atoms with Gasteiger partial charge >= 0.3 is 5.69 Å². The zero-order valence-corrected chi connectivity index (χ0v) is 17.5. The molecule has 0 fully saturated rings. The van der Waals surface area contributed by atoms with Gasteiger partial charge in [0.15, 0.2) is 0 Å². The molecule has 0 aliphatic heterocycles. The highest BCUT2D eigenvalue weighted by atomic mass is 35.5. The van der Waals surface area contributed by atoms with Gasteiger partial charge in [-0.3, -0.25) is 14.6 Å². The first-order valence-electron chi connectivity index (χ1n) is 9.75. The summed E-state index contributed by atoms with van der Waals surface area (Å²) in [4.78, 5) is 42.3. The van der Waals surface area contributed by atoms with Crippen LogP contribution in [0.15, 0.2) is 88.7 Å². The molecule has 2 aromatic carbocycles. The van der Waals surface area contributed by atoms with Gasteiger partial charge in [0.2, 0.25) is 0 Å². The molecule has 9 heteroatoms. The number of halogens is 1. The first-order chi connectivity index (χ1) is 15.5. The van der Waals surface area contributed by atoms with Gasteiger partial charge in [0.1, 0.15) is 11.3 Å². The number of pyridine rings is 1. The molecule has 2 heterocycles. The molecular formula is C23H18ClN5O3. The van der Waals surface area contributed by atoms with Gasteiger partial charge in [0, 0.05) is 12.5 Å². The van der Waals surface area contributed by atoms with E-state index < -0.39 is 17.2 Å². The van der Waals surface area contributed by atoms with E-state index in [2.05, 4.69) is 20.4 Å². The average Bonchev–Trinajstić information content (AvgIpc) is 2.81. The van der Waals surface area contributed by atoms with Crippen molar-refractivity contribution < 1.29 is 4.79 Å². The molecule has 8 nitrogen and oxygen atoms in total. The van der Waals surface area contributed by atoms with Crippen molar-refractivity contribution in [3.05, 3.63) is 122 Å². The summed E-state index contributed by atoms with van der Waals surface area (Å²) in [6.07, 6.45) is 2.25. The Balaban J connectivity index is 1.60. The molecule has 0 spiro atoms. The van der Waals surface area contributed by atoms with Crippen molar-refractivity contribution in [2.24, 2.45) is 0 Å². The quantitative estimate of drug-likeness (QED) is 0.441. The van der Waals surface area contributed by atoms with E-state index in [0.29, 0.717) is 6.54 Å². The molecule has 0 unspecified atom stereocenters. The number of carbonyl (C=O) groups is 1. The van der Waals surface area contributed by atoms with E-state index in [1.165, 1.54) is 12.3 Å². The summed E-state index contributed by atoms with van der Waals surface area (Å²) in [6.45, 7) is 0.324. The van der Waals surface area contributed by atoms with Gasteiger partial charge in [-0.05, 0) is 17.2 Å². The van der Waals surface area contributed by atoms with E-state index in [4.69, 9.17) is 11.6 Å². The number of amides is 1. The molecule has 0 saturated heterocycles. The Labute approximate surface area is 187 Å². The predicted octanol–water partition coefficient (Wildman–Crippen LogP) is 2.53. The van der Waals surface area contributed by atoms with Crippen LogP contribution in [0.1, 0.15) is 27.4 Å². The summed E-state index contributed by atoms with van der Waals surface area (Å²) in [5.41, 5.74) is 1.02. The van der Waals surface area contributed by atoms with Crippen LogP contribution in [-0.4, -0.2) is 32.2 Å². The fourth-order valence-corrected chi connectivity index (χ4v) is 3.53. The molecule has 2 N–H and O–H groups in total. The van der Waals surface area contributed by atoms with Gasteiger partial charge < -0.3 is 5.32 Å². The van der Waals surface area contributed by atoms with Crippen LogP contribution in [-0.2, 0) is 0 Å². The van der Waals surface area contributed by atoms with Crippen LogP contribution < -0.4 is 16.6 Å². The van der Waals surface area contributed by atoms with Crippen molar-refractivity contribution >= 4 is 17.5 Å². The zero-order valence-electron chi connectivity index (χ0n) is 16.7. The highest BCUT2D eigenvalue weighted by molar-refractivity contribution is 6.32. The summed E-state index contributed by atoms with van der Waals surface area (Å²) >= 11 is 6.16. The Morgan fingerprint density at radius 3 is 2.22 bits per heavy atom. The molecule has 0 bridgehead atoms. The van der Waals surface area contributed by atoms with Crippen molar-refractivity contribution in [3.63, 3.8) is 0 Å². The maximum Gasteiger partial charge on any atom is 0.349 e. The molecule has 4 rings (SSSR count). The summed E-state index contributed by atoms with van der Waals surface area (Å²) in [5.74, 6) is -0.515. The minimum atomic E-state index is -0.749. The molecule has 32 heavy (non-hydrogen) atoms. The fraction of sp³-hybridized carbons (Fsp3) is 0.0870. The minimum Gasteiger partial charge on any atom is -0.351 e. The van der Waals surface area contributed by atoms with E-state index in [0.717, 1.165) is 22.0 Å². The van der Waals surface area contributed by atoms with E-state index in [1.54, 1.807) is 0 Å². The Morgan fingerprint density at radius 2 is 1.62 bits per heavy atom. The molecule has 0 atom stereocenters. The first kappa shape index (κ1) is 21.2. The van der Waals surface area contributed by atoms with Crippen LogP contribution in [0.2, 0.25) is 5.15 Å². The number of nitrogens with one attached hydrogen (secondary N) is 2. The minimum absolute atomic E-state index is 0.0142. The molecule has 0 aliphatic carbocycles. The molecule has 1 amide bonds. The van der Waals surface area contributed by atoms with Gasteiger partial charge in [-0.25, -0.2) is 9.78 Å². The average molecular weight is 448 g/mol. The predicted molar refractivity (Wildman–Crippen MR) is 120 cm³/mol. The third-order valence-electron chi connectivity index (χ3n) is 4.90. The Hall–Kier alpha value is -4.04. The number of hydrogen-bond donors (Lipinski definition) is 2. The monoisotopic (exact) mass is 447 g/mol. The molecule has 0 radical (unpaired) electrons. The van der Waals surface area contributed by atoms with Crippen molar-refractivity contribution in [1.29, 1.82) is 0 Å². The molecule has 160 valence electrons. The second-order valence-corrected chi connectivity index (χ2v) is 7.32. The van der Waals surface area contributed by atoms with Gasteiger partial charge in [0.25, 0.3) is 11.5 Å². The first-order valence-corrected chi connectivity index (χ1v) is 10.1. The van der Waals surface area contributed by atoms with Crippen molar-refractivity contribution in [2.45, 2.75) is 5.92 Å². The van der Waals surface area contributed by atoms with E-state index in [9.17, 15) is 14.4 Å². The van der Waals surface area contributed by atoms with E-state index in [1.807, 2.05) is 60.7 Å². The lowest BCUT2D eigenvalue weighted by Crippen LogP contribution is -2.31. The normalized spacial score (nSPS) is 10.8. The van der Waals surface area contributed by atoms with E-state index >= 15 is 0 Å². The third kappa shape index (κ3) is 4.65. The second kappa shape index (κ2) is 9.40. The number of rotatable bonds is 6. The van der Waals surface area contributed by atoms with Gasteiger partial charge in [-0.1, -0.05) is 72.3 Å². The van der Waals surface area contributed by atoms with Crippen LogP contribution in [0.5, 0.6) is 0 Å².